The fourth-order valence-electron chi connectivity index (χ4n) is 4.44. The number of hydrogen-bond acceptors (Lipinski definition) is 8. The predicted molar refractivity (Wildman–Crippen MR) is 164 cm³/mol. The molecule has 5 rings (SSSR count). The van der Waals surface area contributed by atoms with Crippen molar-refractivity contribution in [1.82, 2.24) is 20.8 Å². The molecule has 0 radical (unpaired) electrons. The lowest BCUT2D eigenvalue weighted by molar-refractivity contribution is -0.131. The molecule has 2 amide bonds. The summed E-state index contributed by atoms with van der Waals surface area (Å²) in [6.45, 7) is 2.79. The second kappa shape index (κ2) is 14.6. The molecule has 0 aliphatic carbocycles. The van der Waals surface area contributed by atoms with E-state index in [2.05, 4.69) is 15.3 Å². The zero-order valence-electron chi connectivity index (χ0n) is 24.1. The predicted octanol–water partition coefficient (Wildman–Crippen LogP) is 4.82. The zero-order valence-corrected chi connectivity index (χ0v) is 24.1. The molecule has 1 atom stereocenters. The number of para-hydroxylation sites is 2. The van der Waals surface area contributed by atoms with Gasteiger partial charge in [0.15, 0.2) is 0 Å². The molecule has 0 aliphatic heterocycles. The highest BCUT2D eigenvalue weighted by atomic mass is 16.5. The first-order valence-electron chi connectivity index (χ1n) is 14.1. The molecule has 0 bridgehead atoms. The molecule has 0 aliphatic rings. The van der Waals surface area contributed by atoms with Crippen LogP contribution >= 0.6 is 0 Å². The summed E-state index contributed by atoms with van der Waals surface area (Å²) in [6.07, 6.45) is 0.166. The SMILES string of the molecule is Cc1nc2ccccc2nc1OCCOc1ccc(C(=O)N[C@@H](Cc2ccc(OCc3ccccc3)cc2)C(=O)NO)cc1. The maximum absolute atomic E-state index is 12.9. The molecule has 44 heavy (non-hydrogen) atoms. The van der Waals surface area contributed by atoms with Crippen molar-refractivity contribution in [2.24, 2.45) is 0 Å². The van der Waals surface area contributed by atoms with Gasteiger partial charge in [0.1, 0.15) is 43.1 Å². The fraction of sp³-hybridized carbons (Fsp3) is 0.176. The second-order valence-electron chi connectivity index (χ2n) is 9.95. The van der Waals surface area contributed by atoms with Gasteiger partial charge in [-0.3, -0.25) is 14.8 Å². The van der Waals surface area contributed by atoms with Crippen LogP contribution in [-0.2, 0) is 17.8 Å². The van der Waals surface area contributed by atoms with Crippen LogP contribution in [0.4, 0.5) is 0 Å². The first-order chi connectivity index (χ1) is 21.5. The quantitative estimate of drug-likeness (QED) is 0.101. The van der Waals surface area contributed by atoms with E-state index in [4.69, 9.17) is 14.2 Å². The number of nitrogens with zero attached hydrogens (tertiary/aromatic N) is 2. The highest BCUT2D eigenvalue weighted by Crippen LogP contribution is 2.19. The van der Waals surface area contributed by atoms with Gasteiger partial charge in [0, 0.05) is 12.0 Å². The molecule has 0 spiro atoms. The number of carbonyl (C=O) groups is 2. The second-order valence-corrected chi connectivity index (χ2v) is 9.95. The Labute approximate surface area is 254 Å². The summed E-state index contributed by atoms with van der Waals surface area (Å²) in [5.41, 5.74) is 6.05. The normalized spacial score (nSPS) is 11.4. The van der Waals surface area contributed by atoms with E-state index in [-0.39, 0.29) is 19.6 Å². The number of nitrogens with one attached hydrogen (secondary N) is 2. The Hall–Kier alpha value is -5.48. The minimum Gasteiger partial charge on any atom is -0.490 e. The molecule has 10 heteroatoms. The Kier molecular flexibility index (Phi) is 9.96. The van der Waals surface area contributed by atoms with Crippen LogP contribution in [0.2, 0.25) is 0 Å². The van der Waals surface area contributed by atoms with Crippen molar-refractivity contribution in [2.75, 3.05) is 13.2 Å². The zero-order chi connectivity index (χ0) is 30.7. The molecular formula is C34H32N4O6. The number of ether oxygens (including phenoxy) is 3. The molecule has 1 aromatic heterocycles. The van der Waals surface area contributed by atoms with Crippen LogP contribution in [0.3, 0.4) is 0 Å². The van der Waals surface area contributed by atoms with Gasteiger partial charge in [0.05, 0.1) is 11.0 Å². The van der Waals surface area contributed by atoms with Crippen LogP contribution in [-0.4, -0.2) is 46.2 Å². The van der Waals surface area contributed by atoms with Gasteiger partial charge in [-0.1, -0.05) is 54.6 Å². The minimum atomic E-state index is -1.00. The van der Waals surface area contributed by atoms with Crippen LogP contribution < -0.4 is 25.0 Å². The monoisotopic (exact) mass is 592 g/mol. The Morgan fingerprint density at radius 1 is 0.727 bits per heavy atom. The molecular weight excluding hydrogens is 560 g/mol. The van der Waals surface area contributed by atoms with E-state index in [1.54, 1.807) is 41.9 Å². The van der Waals surface area contributed by atoms with E-state index >= 15 is 0 Å². The third-order valence-corrected chi connectivity index (χ3v) is 6.75. The lowest BCUT2D eigenvalue weighted by Gasteiger charge is -2.17. The summed E-state index contributed by atoms with van der Waals surface area (Å²) in [5, 5.41) is 11.9. The average molecular weight is 593 g/mol. The minimum absolute atomic E-state index is 0.166. The first-order valence-corrected chi connectivity index (χ1v) is 14.1. The Balaban J connectivity index is 1.10. The maximum Gasteiger partial charge on any atom is 0.266 e. The highest BCUT2D eigenvalue weighted by Gasteiger charge is 2.22. The van der Waals surface area contributed by atoms with E-state index in [1.165, 1.54) is 0 Å². The number of hydrogen-bond donors (Lipinski definition) is 3. The average Bonchev–Trinajstić information content (AvgIpc) is 3.06. The van der Waals surface area contributed by atoms with Crippen LogP contribution in [0.15, 0.2) is 103 Å². The highest BCUT2D eigenvalue weighted by molar-refractivity contribution is 5.97. The van der Waals surface area contributed by atoms with Gasteiger partial charge in [-0.2, -0.15) is 0 Å². The topological polar surface area (TPSA) is 132 Å². The Morgan fingerprint density at radius 3 is 2.05 bits per heavy atom. The van der Waals surface area contributed by atoms with Crippen molar-refractivity contribution in [3.63, 3.8) is 0 Å². The maximum atomic E-state index is 12.9. The molecule has 0 saturated carbocycles. The summed E-state index contributed by atoms with van der Waals surface area (Å²) in [4.78, 5) is 34.3. The number of hydroxylamine groups is 1. The molecule has 1 heterocycles. The van der Waals surface area contributed by atoms with Gasteiger partial charge in [0.2, 0.25) is 5.88 Å². The standard InChI is InChI=1S/C34H32N4O6/c1-23-34(37-30-10-6-5-9-29(30)35-23)43-20-19-42-27-17-13-26(14-18-27)32(39)36-31(33(40)38-41)21-24-11-15-28(16-12-24)44-22-25-7-3-2-4-8-25/h2-18,31,41H,19-22H2,1H3,(H,36,39)(H,38,40)/t31-/m0/s1. The molecule has 10 nitrogen and oxygen atoms in total. The third kappa shape index (κ3) is 8.08. The van der Waals surface area contributed by atoms with E-state index < -0.39 is 17.9 Å². The largest absolute Gasteiger partial charge is 0.490 e. The molecule has 3 N–H and O–H groups in total. The fourth-order valence-corrected chi connectivity index (χ4v) is 4.44. The van der Waals surface area contributed by atoms with Crippen molar-refractivity contribution in [2.45, 2.75) is 26.0 Å². The van der Waals surface area contributed by atoms with Gasteiger partial charge >= 0.3 is 0 Å². The lowest BCUT2D eigenvalue weighted by Crippen LogP contribution is -2.47. The van der Waals surface area contributed by atoms with E-state index in [1.807, 2.05) is 73.7 Å². The van der Waals surface area contributed by atoms with E-state index in [9.17, 15) is 14.8 Å². The molecule has 0 fully saturated rings. The smallest absolute Gasteiger partial charge is 0.266 e. The third-order valence-electron chi connectivity index (χ3n) is 6.75. The van der Waals surface area contributed by atoms with Crippen molar-refractivity contribution < 1.29 is 29.0 Å². The van der Waals surface area contributed by atoms with Crippen LogP contribution in [0.1, 0.15) is 27.2 Å². The first kappa shape index (κ1) is 30.0. The van der Waals surface area contributed by atoms with Crippen molar-refractivity contribution in [1.29, 1.82) is 0 Å². The number of fused-ring (bicyclic) bond motifs is 1. The van der Waals surface area contributed by atoms with Crippen molar-refractivity contribution in [3.8, 4) is 17.4 Å². The summed E-state index contributed by atoms with van der Waals surface area (Å²) in [6, 6.07) is 30.1. The van der Waals surface area contributed by atoms with Crippen LogP contribution in [0.5, 0.6) is 17.4 Å². The number of aromatic nitrogens is 2. The van der Waals surface area contributed by atoms with Gasteiger partial charge < -0.3 is 19.5 Å². The van der Waals surface area contributed by atoms with Crippen molar-refractivity contribution >= 4 is 22.8 Å². The number of benzene rings is 4. The molecule has 5 aromatic rings. The number of amides is 2. The van der Waals surface area contributed by atoms with Crippen LogP contribution in [0.25, 0.3) is 11.0 Å². The number of rotatable bonds is 13. The summed E-state index contributed by atoms with van der Waals surface area (Å²) < 4.78 is 17.3. The molecule has 0 unspecified atom stereocenters. The summed E-state index contributed by atoms with van der Waals surface area (Å²) in [5.74, 6) is 0.477. The van der Waals surface area contributed by atoms with Crippen LogP contribution in [0, 0.1) is 6.92 Å². The molecule has 224 valence electrons. The number of aryl methyl sites for hydroxylation is 1. The van der Waals surface area contributed by atoms with E-state index in [0.29, 0.717) is 35.2 Å². The molecule has 0 saturated heterocycles. The summed E-state index contributed by atoms with van der Waals surface area (Å²) in [7, 11) is 0. The van der Waals surface area contributed by atoms with Gasteiger partial charge in [-0.15, -0.1) is 0 Å². The Morgan fingerprint density at radius 2 is 1.34 bits per heavy atom. The van der Waals surface area contributed by atoms with Crippen molar-refractivity contribution in [3.05, 3.63) is 126 Å². The lowest BCUT2D eigenvalue weighted by atomic mass is 10.0. The van der Waals surface area contributed by atoms with E-state index in [0.717, 1.165) is 22.2 Å². The Bertz CT molecular complexity index is 1700. The molecule has 4 aromatic carbocycles. The number of carbonyl (C=O) groups excluding carboxylic acids is 2. The van der Waals surface area contributed by atoms with Gasteiger partial charge in [0.25, 0.3) is 11.8 Å². The van der Waals surface area contributed by atoms with Gasteiger partial charge in [-0.25, -0.2) is 15.4 Å². The summed E-state index contributed by atoms with van der Waals surface area (Å²) >= 11 is 0. The van der Waals surface area contributed by atoms with Gasteiger partial charge in [-0.05, 0) is 66.6 Å².